The minimum absolute atomic E-state index is 0.00713. The van der Waals surface area contributed by atoms with Gasteiger partial charge in [0.2, 0.25) is 0 Å². The molecule has 4 saturated carbocycles. The first-order valence-corrected chi connectivity index (χ1v) is 12.2. The first-order chi connectivity index (χ1) is 13.7. The van der Waals surface area contributed by atoms with Gasteiger partial charge in [-0.25, -0.2) is 0 Å². The molecule has 1 saturated heterocycles. The van der Waals surface area contributed by atoms with Crippen molar-refractivity contribution >= 4 is 27.7 Å². The van der Waals surface area contributed by atoms with Gasteiger partial charge in [-0.05, 0) is 74.5 Å². The average Bonchev–Trinajstić information content (AvgIpc) is 3.08. The standard InChI is InChI=1S/C23H33BrO5/c1-13(25)28-11-19(27)18-4-3-16-15-9-20-23(24)10-14(26)5-8-22(23,12-29-20)17(15)6-7-21(16,18)2/h14-18,20,26H,3-12H2,1-2H3/t14?,15?,16?,17?,18-,20-,21+,22+,23+/m1/s1. The first kappa shape index (κ1) is 20.4. The second-order valence-electron chi connectivity index (χ2n) is 10.7. The van der Waals surface area contributed by atoms with Crippen molar-refractivity contribution in [2.45, 2.75) is 81.7 Å². The molecule has 0 aromatic carbocycles. The van der Waals surface area contributed by atoms with E-state index in [2.05, 4.69) is 22.9 Å². The lowest BCUT2D eigenvalue weighted by molar-refractivity contribution is -0.150. The van der Waals surface area contributed by atoms with Crippen LogP contribution in [0.5, 0.6) is 0 Å². The van der Waals surface area contributed by atoms with Crippen LogP contribution >= 0.6 is 15.9 Å². The van der Waals surface area contributed by atoms with Gasteiger partial charge in [0.05, 0.1) is 23.1 Å². The Morgan fingerprint density at radius 1 is 1.17 bits per heavy atom. The van der Waals surface area contributed by atoms with Gasteiger partial charge >= 0.3 is 5.97 Å². The number of carbonyl (C=O) groups excluding carboxylic acids is 2. The molecule has 1 heterocycles. The molecule has 5 fully saturated rings. The van der Waals surface area contributed by atoms with E-state index in [9.17, 15) is 14.7 Å². The Bertz CT molecular complexity index is 726. The molecular weight excluding hydrogens is 436 g/mol. The molecule has 0 radical (unpaired) electrons. The summed E-state index contributed by atoms with van der Waals surface area (Å²) in [6, 6.07) is 0. The summed E-state index contributed by atoms with van der Waals surface area (Å²) >= 11 is 4.13. The molecule has 162 valence electrons. The normalized spacial score (nSPS) is 53.0. The molecule has 29 heavy (non-hydrogen) atoms. The van der Waals surface area contributed by atoms with Crippen LogP contribution in [-0.4, -0.2) is 46.6 Å². The molecule has 5 rings (SSSR count). The molecule has 2 bridgehead atoms. The summed E-state index contributed by atoms with van der Waals surface area (Å²) in [7, 11) is 0. The molecule has 1 N–H and O–H groups in total. The predicted octanol–water partition coefficient (Wildman–Crippen LogP) is 3.64. The Morgan fingerprint density at radius 3 is 2.72 bits per heavy atom. The molecule has 5 nitrogen and oxygen atoms in total. The lowest BCUT2D eigenvalue weighted by atomic mass is 9.44. The number of rotatable bonds is 3. The maximum absolute atomic E-state index is 12.9. The van der Waals surface area contributed by atoms with Crippen LogP contribution in [0.25, 0.3) is 0 Å². The van der Waals surface area contributed by atoms with Crippen molar-refractivity contribution in [3.63, 3.8) is 0 Å². The van der Waals surface area contributed by atoms with Gasteiger partial charge in [0, 0.05) is 18.3 Å². The molecule has 5 aliphatic rings. The summed E-state index contributed by atoms with van der Waals surface area (Å²) in [6.07, 6.45) is 7.89. The number of hydrogen-bond acceptors (Lipinski definition) is 5. The predicted molar refractivity (Wildman–Crippen MR) is 110 cm³/mol. The van der Waals surface area contributed by atoms with Crippen molar-refractivity contribution in [1.82, 2.24) is 0 Å². The van der Waals surface area contributed by atoms with Crippen LogP contribution in [0.2, 0.25) is 0 Å². The lowest BCUT2D eigenvalue weighted by Crippen LogP contribution is -2.63. The summed E-state index contributed by atoms with van der Waals surface area (Å²) in [5.41, 5.74) is 0.135. The fourth-order valence-electron chi connectivity index (χ4n) is 8.51. The second-order valence-corrected chi connectivity index (χ2v) is 12.2. The summed E-state index contributed by atoms with van der Waals surface area (Å²) in [5.74, 6) is 1.47. The third-order valence-corrected chi connectivity index (χ3v) is 11.4. The topological polar surface area (TPSA) is 72.8 Å². The van der Waals surface area contributed by atoms with E-state index in [1.54, 1.807) is 0 Å². The van der Waals surface area contributed by atoms with Crippen LogP contribution in [0.15, 0.2) is 0 Å². The molecule has 1 aliphatic heterocycles. The quantitative estimate of drug-likeness (QED) is 0.505. The summed E-state index contributed by atoms with van der Waals surface area (Å²) in [6.45, 7) is 4.42. The highest BCUT2D eigenvalue weighted by atomic mass is 79.9. The average molecular weight is 469 g/mol. The Hall–Kier alpha value is -0.460. The Kier molecular flexibility index (Phi) is 4.77. The van der Waals surface area contributed by atoms with E-state index in [4.69, 9.17) is 9.47 Å². The zero-order valence-corrected chi connectivity index (χ0v) is 19.1. The number of alkyl halides is 1. The van der Waals surface area contributed by atoms with E-state index in [-0.39, 0.29) is 51.6 Å². The highest BCUT2D eigenvalue weighted by molar-refractivity contribution is 9.10. The fraction of sp³-hybridized carbons (Fsp3) is 0.913. The highest BCUT2D eigenvalue weighted by Crippen LogP contribution is 2.72. The van der Waals surface area contributed by atoms with Crippen molar-refractivity contribution in [2.75, 3.05) is 13.2 Å². The number of halogens is 1. The second kappa shape index (κ2) is 6.77. The van der Waals surface area contributed by atoms with Crippen molar-refractivity contribution in [1.29, 1.82) is 0 Å². The minimum Gasteiger partial charge on any atom is -0.458 e. The van der Waals surface area contributed by atoms with Gasteiger partial charge in [-0.1, -0.05) is 22.9 Å². The number of Topliss-reactive ketones (excluding diaryl/α,β-unsaturated/α-hetero) is 1. The zero-order valence-electron chi connectivity index (χ0n) is 17.5. The van der Waals surface area contributed by atoms with Gasteiger partial charge < -0.3 is 14.6 Å². The van der Waals surface area contributed by atoms with Crippen molar-refractivity contribution < 1.29 is 24.2 Å². The molecule has 6 heteroatoms. The smallest absolute Gasteiger partial charge is 0.303 e. The van der Waals surface area contributed by atoms with E-state index in [0.29, 0.717) is 17.8 Å². The number of fused-ring (bicyclic) bond motifs is 3. The van der Waals surface area contributed by atoms with Crippen LogP contribution in [0, 0.1) is 34.5 Å². The van der Waals surface area contributed by atoms with Gasteiger partial charge in [0.25, 0.3) is 0 Å². The molecular formula is C23H33BrO5. The number of aliphatic hydroxyl groups is 1. The molecule has 9 atom stereocenters. The van der Waals surface area contributed by atoms with Crippen LogP contribution in [-0.2, 0) is 19.1 Å². The number of ketones is 1. The van der Waals surface area contributed by atoms with E-state index in [1.165, 1.54) is 6.92 Å². The van der Waals surface area contributed by atoms with Crippen molar-refractivity contribution in [3.05, 3.63) is 0 Å². The van der Waals surface area contributed by atoms with E-state index in [0.717, 1.165) is 58.0 Å². The van der Waals surface area contributed by atoms with Crippen LogP contribution < -0.4 is 0 Å². The van der Waals surface area contributed by atoms with Gasteiger partial charge in [-0.15, -0.1) is 0 Å². The van der Waals surface area contributed by atoms with Crippen LogP contribution in [0.3, 0.4) is 0 Å². The van der Waals surface area contributed by atoms with Gasteiger partial charge in [0.1, 0.15) is 6.61 Å². The number of carbonyl (C=O) groups is 2. The zero-order chi connectivity index (χ0) is 20.6. The fourth-order valence-corrected chi connectivity index (χ4v) is 9.81. The third kappa shape index (κ3) is 2.70. The van der Waals surface area contributed by atoms with Crippen molar-refractivity contribution in [2.24, 2.45) is 34.5 Å². The molecule has 0 aromatic rings. The number of aliphatic hydroxyl groups excluding tert-OH is 1. The monoisotopic (exact) mass is 468 g/mol. The Balaban J connectivity index is 1.41. The first-order valence-electron chi connectivity index (χ1n) is 11.4. The highest BCUT2D eigenvalue weighted by Gasteiger charge is 2.72. The molecule has 0 aromatic heterocycles. The van der Waals surface area contributed by atoms with Crippen LogP contribution in [0.1, 0.15) is 65.2 Å². The maximum atomic E-state index is 12.9. The molecule has 0 spiro atoms. The van der Waals surface area contributed by atoms with E-state index in [1.807, 2.05) is 0 Å². The largest absolute Gasteiger partial charge is 0.458 e. The summed E-state index contributed by atoms with van der Waals surface area (Å²) in [5, 5.41) is 10.4. The van der Waals surface area contributed by atoms with Gasteiger partial charge in [-0.3, -0.25) is 9.59 Å². The maximum Gasteiger partial charge on any atom is 0.303 e. The van der Waals surface area contributed by atoms with Gasteiger partial charge in [-0.2, -0.15) is 0 Å². The number of esters is 1. The number of ether oxygens (including phenoxy) is 2. The molecule has 0 amide bonds. The minimum atomic E-state index is -0.380. The summed E-state index contributed by atoms with van der Waals surface area (Å²) in [4.78, 5) is 24.1. The number of hydrogen-bond donors (Lipinski definition) is 1. The third-order valence-electron chi connectivity index (χ3n) is 9.78. The van der Waals surface area contributed by atoms with Crippen LogP contribution in [0.4, 0.5) is 0 Å². The molecule has 4 unspecified atom stereocenters. The molecule has 4 aliphatic carbocycles. The Morgan fingerprint density at radius 2 is 1.97 bits per heavy atom. The lowest BCUT2D eigenvalue weighted by Gasteiger charge is -2.62. The summed E-state index contributed by atoms with van der Waals surface area (Å²) < 4.78 is 11.4. The van der Waals surface area contributed by atoms with E-state index < -0.39 is 0 Å². The van der Waals surface area contributed by atoms with Gasteiger partial charge in [0.15, 0.2) is 5.78 Å². The SMILES string of the molecule is CC(=O)OCC(=O)[C@H]1CCC2C3C[C@H]4OC[C@@]5(CCC(O)C[C@]45Br)C3CC[C@@]21C. The Labute approximate surface area is 181 Å². The van der Waals surface area contributed by atoms with Crippen molar-refractivity contribution in [3.8, 4) is 0 Å². The van der Waals surface area contributed by atoms with E-state index >= 15 is 0 Å².